The van der Waals surface area contributed by atoms with Crippen LogP contribution in [0.25, 0.3) is 0 Å². The predicted octanol–water partition coefficient (Wildman–Crippen LogP) is 2.53. The maximum absolute atomic E-state index is 12.0. The monoisotopic (exact) mass is 324 g/mol. The molecular weight excluding hydrogens is 312 g/mol. The summed E-state index contributed by atoms with van der Waals surface area (Å²) in [6.07, 6.45) is 1.17. The Labute approximate surface area is 127 Å². The van der Waals surface area contributed by atoms with Crippen LogP contribution in [0, 0.1) is 0 Å². The normalized spacial score (nSPS) is 11.1. The molecular formula is C14H13ClN2O3S. The summed E-state index contributed by atoms with van der Waals surface area (Å²) in [7, 11) is -3.09. The zero-order chi connectivity index (χ0) is 15.5. The lowest BCUT2D eigenvalue weighted by atomic mass is 10.1. The first-order chi connectivity index (χ1) is 9.83. The standard InChI is InChI=1S/C14H13ClN2O3S/c1-21(19,20)9-10-5-7-11(8-6-10)14(18)17-13-4-2-3-12(15)16-13/h2-8H,9H2,1H3,(H,16,17,18). The molecule has 5 nitrogen and oxygen atoms in total. The molecule has 0 radical (unpaired) electrons. The lowest BCUT2D eigenvalue weighted by Crippen LogP contribution is -2.13. The van der Waals surface area contributed by atoms with E-state index in [0.717, 1.165) is 0 Å². The Morgan fingerprint density at radius 2 is 1.86 bits per heavy atom. The highest BCUT2D eigenvalue weighted by atomic mass is 35.5. The van der Waals surface area contributed by atoms with Gasteiger partial charge in [-0.1, -0.05) is 29.8 Å². The van der Waals surface area contributed by atoms with Crippen molar-refractivity contribution in [3.05, 3.63) is 58.7 Å². The van der Waals surface area contributed by atoms with Crippen LogP contribution in [0.4, 0.5) is 5.82 Å². The van der Waals surface area contributed by atoms with Crippen LogP contribution >= 0.6 is 11.6 Å². The number of anilines is 1. The number of halogens is 1. The van der Waals surface area contributed by atoms with Crippen molar-refractivity contribution in [2.45, 2.75) is 5.75 Å². The van der Waals surface area contributed by atoms with Crippen LogP contribution < -0.4 is 5.32 Å². The molecule has 21 heavy (non-hydrogen) atoms. The Kier molecular flexibility index (Phi) is 4.59. The minimum Gasteiger partial charge on any atom is -0.307 e. The molecule has 0 aliphatic heterocycles. The van der Waals surface area contributed by atoms with Crippen molar-refractivity contribution >= 4 is 33.2 Å². The van der Waals surface area contributed by atoms with Crippen LogP contribution in [0.3, 0.4) is 0 Å². The van der Waals surface area contributed by atoms with Crippen molar-refractivity contribution in [2.75, 3.05) is 11.6 Å². The SMILES string of the molecule is CS(=O)(=O)Cc1ccc(C(=O)Nc2cccc(Cl)n2)cc1. The molecule has 0 bridgehead atoms. The van der Waals surface area contributed by atoms with Gasteiger partial charge in [-0.2, -0.15) is 0 Å². The van der Waals surface area contributed by atoms with Crippen LogP contribution in [0.1, 0.15) is 15.9 Å². The molecule has 1 amide bonds. The van der Waals surface area contributed by atoms with Crippen molar-refractivity contribution in [1.29, 1.82) is 0 Å². The van der Waals surface area contributed by atoms with Gasteiger partial charge in [0.15, 0.2) is 9.84 Å². The molecule has 2 aromatic rings. The molecule has 7 heteroatoms. The number of sulfone groups is 1. The zero-order valence-corrected chi connectivity index (χ0v) is 12.8. The lowest BCUT2D eigenvalue weighted by Gasteiger charge is -2.05. The quantitative estimate of drug-likeness (QED) is 0.877. The Balaban J connectivity index is 2.10. The molecule has 1 aromatic heterocycles. The van der Waals surface area contributed by atoms with E-state index in [-0.39, 0.29) is 16.8 Å². The average Bonchev–Trinajstić information content (AvgIpc) is 2.37. The van der Waals surface area contributed by atoms with E-state index in [1.165, 1.54) is 6.26 Å². The summed E-state index contributed by atoms with van der Waals surface area (Å²) >= 11 is 5.74. The van der Waals surface area contributed by atoms with Crippen LogP contribution in [-0.4, -0.2) is 25.6 Å². The summed E-state index contributed by atoms with van der Waals surface area (Å²) in [6, 6.07) is 11.3. The lowest BCUT2D eigenvalue weighted by molar-refractivity contribution is 0.102. The Morgan fingerprint density at radius 1 is 1.19 bits per heavy atom. The van der Waals surface area contributed by atoms with Gasteiger partial charge >= 0.3 is 0 Å². The van der Waals surface area contributed by atoms with E-state index < -0.39 is 9.84 Å². The highest BCUT2D eigenvalue weighted by Crippen LogP contribution is 2.12. The van der Waals surface area contributed by atoms with Crippen LogP contribution in [0.5, 0.6) is 0 Å². The second-order valence-electron chi connectivity index (χ2n) is 4.57. The van der Waals surface area contributed by atoms with Gasteiger partial charge in [0.1, 0.15) is 11.0 Å². The van der Waals surface area contributed by atoms with E-state index in [0.29, 0.717) is 16.9 Å². The molecule has 0 aliphatic rings. The number of amides is 1. The van der Waals surface area contributed by atoms with Crippen molar-refractivity contribution in [3.63, 3.8) is 0 Å². The summed E-state index contributed by atoms with van der Waals surface area (Å²) in [6.45, 7) is 0. The van der Waals surface area contributed by atoms with Gasteiger partial charge in [0, 0.05) is 11.8 Å². The molecule has 1 heterocycles. The van der Waals surface area contributed by atoms with Gasteiger partial charge in [-0.05, 0) is 29.8 Å². The maximum atomic E-state index is 12.0. The molecule has 0 atom stereocenters. The van der Waals surface area contributed by atoms with Crippen molar-refractivity contribution in [2.24, 2.45) is 0 Å². The molecule has 1 aromatic carbocycles. The number of nitrogens with one attached hydrogen (secondary N) is 1. The summed E-state index contributed by atoms with van der Waals surface area (Å²) in [5, 5.41) is 2.90. The summed E-state index contributed by atoms with van der Waals surface area (Å²) in [5.41, 5.74) is 1.05. The fraction of sp³-hybridized carbons (Fsp3) is 0.143. The number of benzene rings is 1. The molecule has 2 rings (SSSR count). The van der Waals surface area contributed by atoms with Crippen molar-refractivity contribution in [1.82, 2.24) is 4.98 Å². The van der Waals surface area contributed by atoms with Gasteiger partial charge in [-0.3, -0.25) is 4.79 Å². The number of carbonyl (C=O) groups excluding carboxylic acids is 1. The molecule has 0 fully saturated rings. The maximum Gasteiger partial charge on any atom is 0.256 e. The molecule has 0 saturated carbocycles. The third-order valence-electron chi connectivity index (χ3n) is 2.60. The first kappa shape index (κ1) is 15.5. The first-order valence-corrected chi connectivity index (χ1v) is 8.48. The van der Waals surface area contributed by atoms with Gasteiger partial charge in [0.05, 0.1) is 5.75 Å². The van der Waals surface area contributed by atoms with Gasteiger partial charge in [-0.25, -0.2) is 13.4 Å². The number of hydrogen-bond acceptors (Lipinski definition) is 4. The largest absolute Gasteiger partial charge is 0.307 e. The molecule has 0 spiro atoms. The molecule has 110 valence electrons. The third-order valence-corrected chi connectivity index (χ3v) is 3.67. The van der Waals surface area contributed by atoms with Crippen LogP contribution in [0.15, 0.2) is 42.5 Å². The number of nitrogens with zero attached hydrogens (tertiary/aromatic N) is 1. The van der Waals surface area contributed by atoms with E-state index in [4.69, 9.17) is 11.6 Å². The van der Waals surface area contributed by atoms with Crippen molar-refractivity contribution < 1.29 is 13.2 Å². The Bertz CT molecular complexity index is 758. The van der Waals surface area contributed by atoms with E-state index in [1.807, 2.05) is 0 Å². The summed E-state index contributed by atoms with van der Waals surface area (Å²) in [4.78, 5) is 16.0. The number of aromatic nitrogens is 1. The topological polar surface area (TPSA) is 76.1 Å². The second kappa shape index (κ2) is 6.24. The fourth-order valence-corrected chi connectivity index (χ4v) is 2.68. The van der Waals surface area contributed by atoms with Crippen LogP contribution in [-0.2, 0) is 15.6 Å². The summed E-state index contributed by atoms with van der Waals surface area (Å²) < 4.78 is 22.4. The van der Waals surface area contributed by atoms with Crippen molar-refractivity contribution in [3.8, 4) is 0 Å². The predicted molar refractivity (Wildman–Crippen MR) is 82.2 cm³/mol. The number of carbonyl (C=O) groups is 1. The Morgan fingerprint density at radius 3 is 2.43 bits per heavy atom. The highest BCUT2D eigenvalue weighted by Gasteiger charge is 2.09. The zero-order valence-electron chi connectivity index (χ0n) is 11.2. The number of hydrogen-bond donors (Lipinski definition) is 1. The minimum absolute atomic E-state index is 0.0508. The molecule has 0 saturated heterocycles. The van der Waals surface area contributed by atoms with Crippen LogP contribution in [0.2, 0.25) is 5.15 Å². The second-order valence-corrected chi connectivity index (χ2v) is 7.09. The van der Waals surface area contributed by atoms with Gasteiger partial charge in [-0.15, -0.1) is 0 Å². The fourth-order valence-electron chi connectivity index (χ4n) is 1.72. The van der Waals surface area contributed by atoms with E-state index >= 15 is 0 Å². The first-order valence-electron chi connectivity index (χ1n) is 6.04. The van der Waals surface area contributed by atoms with E-state index in [9.17, 15) is 13.2 Å². The minimum atomic E-state index is -3.09. The van der Waals surface area contributed by atoms with Gasteiger partial charge in [0.25, 0.3) is 5.91 Å². The summed E-state index contributed by atoms with van der Waals surface area (Å²) in [5.74, 6) is -0.0338. The highest BCUT2D eigenvalue weighted by molar-refractivity contribution is 7.89. The molecule has 1 N–H and O–H groups in total. The number of rotatable bonds is 4. The van der Waals surface area contributed by atoms with E-state index in [2.05, 4.69) is 10.3 Å². The van der Waals surface area contributed by atoms with Gasteiger partial charge < -0.3 is 5.32 Å². The third kappa shape index (κ3) is 4.84. The molecule has 0 aliphatic carbocycles. The molecule has 0 unspecified atom stereocenters. The Hall–Kier alpha value is -1.92. The smallest absolute Gasteiger partial charge is 0.256 e. The number of pyridine rings is 1. The average molecular weight is 325 g/mol. The van der Waals surface area contributed by atoms with E-state index in [1.54, 1.807) is 42.5 Å². The van der Waals surface area contributed by atoms with Gasteiger partial charge in [0.2, 0.25) is 0 Å².